The minimum atomic E-state index is -4.04. The first kappa shape index (κ1) is 11.1. The predicted molar refractivity (Wildman–Crippen MR) is 46.0 cm³/mol. The fourth-order valence-electron chi connectivity index (χ4n) is 1.30. The summed E-state index contributed by atoms with van der Waals surface area (Å²) in [5, 5.41) is 0. The maximum absolute atomic E-state index is 11.9. The molecule has 1 nitrogen and oxygen atoms in total. The molecule has 1 aliphatic rings. The lowest BCUT2D eigenvalue weighted by Crippen LogP contribution is -2.31. The van der Waals surface area contributed by atoms with E-state index in [1.165, 1.54) is 0 Å². The van der Waals surface area contributed by atoms with Gasteiger partial charge in [0.15, 0.2) is 0 Å². The second-order valence-electron chi connectivity index (χ2n) is 3.32. The van der Waals surface area contributed by atoms with Crippen LogP contribution in [0.3, 0.4) is 0 Å². The van der Waals surface area contributed by atoms with Gasteiger partial charge in [0.2, 0.25) is 0 Å². The fourth-order valence-corrected chi connectivity index (χ4v) is 1.51. The molecule has 0 radical (unpaired) electrons. The summed E-state index contributed by atoms with van der Waals surface area (Å²) < 4.78 is 35.6. The summed E-state index contributed by atoms with van der Waals surface area (Å²) in [5.74, 6) is 0.411. The molecule has 78 valence electrons. The lowest BCUT2D eigenvalue weighted by atomic mass is 10.3. The summed E-state index contributed by atoms with van der Waals surface area (Å²) in [5.41, 5.74) is 0. The summed E-state index contributed by atoms with van der Waals surface area (Å²) in [6.07, 6.45) is -2.72. The maximum Gasteiger partial charge on any atom is 0.390 e. The Bertz CT molecular complexity index is 156. The third-order valence-corrected chi connectivity index (χ3v) is 2.29. The van der Waals surface area contributed by atoms with Crippen LogP contribution in [0.1, 0.15) is 19.3 Å². The highest BCUT2D eigenvalue weighted by molar-refractivity contribution is 6.18. The van der Waals surface area contributed by atoms with Gasteiger partial charge in [-0.25, -0.2) is 0 Å². The third kappa shape index (κ3) is 4.72. The Balaban J connectivity index is 2.22. The number of alkyl halides is 4. The highest BCUT2D eigenvalue weighted by atomic mass is 35.5. The van der Waals surface area contributed by atoms with Crippen molar-refractivity contribution in [2.45, 2.75) is 31.5 Å². The van der Waals surface area contributed by atoms with Gasteiger partial charge < -0.3 is 0 Å². The normalized spacial score (nSPS) is 18.2. The molecular formula is C8H13ClF3N. The van der Waals surface area contributed by atoms with Crippen molar-refractivity contribution >= 4 is 11.6 Å². The topological polar surface area (TPSA) is 3.24 Å². The highest BCUT2D eigenvalue weighted by Gasteiger charge is 2.33. The Kier molecular flexibility index (Phi) is 3.86. The van der Waals surface area contributed by atoms with E-state index in [1.54, 1.807) is 0 Å². The second kappa shape index (κ2) is 4.51. The molecule has 0 bridgehead atoms. The molecule has 0 N–H and O–H groups in total. The molecule has 0 amide bonds. The molecule has 0 aromatic carbocycles. The van der Waals surface area contributed by atoms with Gasteiger partial charge in [-0.05, 0) is 12.8 Å². The van der Waals surface area contributed by atoms with Crippen LogP contribution in [0.25, 0.3) is 0 Å². The number of hydrogen-bond acceptors (Lipinski definition) is 1. The molecule has 0 unspecified atom stereocenters. The minimum Gasteiger partial charge on any atom is -0.299 e. The SMILES string of the molecule is FC(F)(F)CCN(CCCl)C1CC1. The van der Waals surface area contributed by atoms with E-state index in [2.05, 4.69) is 0 Å². The Labute approximate surface area is 80.8 Å². The minimum absolute atomic E-state index is 0.0981. The first-order valence-electron chi connectivity index (χ1n) is 4.39. The summed E-state index contributed by atoms with van der Waals surface area (Å²) in [6.45, 7) is 0.670. The van der Waals surface area contributed by atoms with Crippen LogP contribution in [0.2, 0.25) is 0 Å². The number of halogens is 4. The Hall–Kier alpha value is 0.0400. The smallest absolute Gasteiger partial charge is 0.299 e. The monoisotopic (exact) mass is 215 g/mol. The van der Waals surface area contributed by atoms with E-state index in [4.69, 9.17) is 11.6 Å². The van der Waals surface area contributed by atoms with Gasteiger partial charge in [-0.1, -0.05) is 0 Å². The van der Waals surface area contributed by atoms with Crippen LogP contribution in [0.15, 0.2) is 0 Å². The quantitative estimate of drug-likeness (QED) is 0.638. The molecule has 5 heteroatoms. The zero-order chi connectivity index (χ0) is 9.90. The molecule has 0 spiro atoms. The van der Waals surface area contributed by atoms with Crippen molar-refractivity contribution < 1.29 is 13.2 Å². The standard InChI is InChI=1S/C8H13ClF3N/c9-4-6-13(7-1-2-7)5-3-8(10,11)12/h7H,1-6H2. The molecule has 0 saturated heterocycles. The molecule has 1 fully saturated rings. The van der Waals surface area contributed by atoms with Crippen molar-refractivity contribution in [3.8, 4) is 0 Å². The van der Waals surface area contributed by atoms with Gasteiger partial charge in [0, 0.05) is 25.0 Å². The largest absolute Gasteiger partial charge is 0.390 e. The van der Waals surface area contributed by atoms with Crippen LogP contribution in [-0.4, -0.2) is 36.1 Å². The van der Waals surface area contributed by atoms with E-state index in [-0.39, 0.29) is 6.54 Å². The first-order valence-corrected chi connectivity index (χ1v) is 4.93. The van der Waals surface area contributed by atoms with Gasteiger partial charge in [0.25, 0.3) is 0 Å². The van der Waals surface area contributed by atoms with E-state index < -0.39 is 12.6 Å². The summed E-state index contributed by atoms with van der Waals surface area (Å²) in [4.78, 5) is 1.83. The van der Waals surface area contributed by atoms with Crippen LogP contribution in [0, 0.1) is 0 Å². The van der Waals surface area contributed by atoms with Crippen molar-refractivity contribution in [2.75, 3.05) is 19.0 Å². The van der Waals surface area contributed by atoms with Crippen LogP contribution in [-0.2, 0) is 0 Å². The van der Waals surface area contributed by atoms with E-state index in [0.717, 1.165) is 12.8 Å². The molecule has 0 heterocycles. The van der Waals surface area contributed by atoms with E-state index >= 15 is 0 Å². The Morgan fingerprint density at radius 1 is 1.23 bits per heavy atom. The summed E-state index contributed by atoms with van der Waals surface area (Å²) in [6, 6.07) is 0.362. The van der Waals surface area contributed by atoms with Crippen molar-refractivity contribution in [1.82, 2.24) is 4.90 Å². The van der Waals surface area contributed by atoms with Crippen LogP contribution in [0.5, 0.6) is 0 Å². The third-order valence-electron chi connectivity index (χ3n) is 2.12. The molecule has 1 aliphatic carbocycles. The molecule has 0 atom stereocenters. The van der Waals surface area contributed by atoms with E-state index in [9.17, 15) is 13.2 Å². The Morgan fingerprint density at radius 3 is 2.23 bits per heavy atom. The molecular weight excluding hydrogens is 203 g/mol. The number of nitrogens with zero attached hydrogens (tertiary/aromatic N) is 1. The average Bonchev–Trinajstić information content (AvgIpc) is 2.78. The van der Waals surface area contributed by atoms with E-state index in [1.807, 2.05) is 4.90 Å². The fraction of sp³-hybridized carbons (Fsp3) is 1.00. The molecule has 1 saturated carbocycles. The molecule has 0 aliphatic heterocycles. The maximum atomic E-state index is 11.9. The lowest BCUT2D eigenvalue weighted by molar-refractivity contribution is -0.138. The molecule has 0 aromatic rings. The first-order chi connectivity index (χ1) is 6.03. The number of rotatable bonds is 5. The van der Waals surface area contributed by atoms with Crippen LogP contribution >= 0.6 is 11.6 Å². The second-order valence-corrected chi connectivity index (χ2v) is 3.70. The molecule has 13 heavy (non-hydrogen) atoms. The van der Waals surface area contributed by atoms with Crippen molar-refractivity contribution in [3.05, 3.63) is 0 Å². The van der Waals surface area contributed by atoms with Crippen molar-refractivity contribution in [3.63, 3.8) is 0 Å². The zero-order valence-electron chi connectivity index (χ0n) is 7.28. The summed E-state index contributed by atoms with van der Waals surface area (Å²) >= 11 is 5.50. The predicted octanol–water partition coefficient (Wildman–Crippen LogP) is 2.64. The lowest BCUT2D eigenvalue weighted by Gasteiger charge is -2.21. The van der Waals surface area contributed by atoms with Gasteiger partial charge in [0.05, 0.1) is 6.42 Å². The number of hydrogen-bond donors (Lipinski definition) is 0. The van der Waals surface area contributed by atoms with Gasteiger partial charge in [-0.3, -0.25) is 4.90 Å². The van der Waals surface area contributed by atoms with Crippen molar-refractivity contribution in [1.29, 1.82) is 0 Å². The van der Waals surface area contributed by atoms with E-state index in [0.29, 0.717) is 18.5 Å². The average molecular weight is 216 g/mol. The molecule has 0 aromatic heterocycles. The van der Waals surface area contributed by atoms with Crippen molar-refractivity contribution in [2.24, 2.45) is 0 Å². The van der Waals surface area contributed by atoms with Gasteiger partial charge >= 0.3 is 6.18 Å². The van der Waals surface area contributed by atoms with Crippen LogP contribution < -0.4 is 0 Å². The summed E-state index contributed by atoms with van der Waals surface area (Å²) in [7, 11) is 0. The zero-order valence-corrected chi connectivity index (χ0v) is 8.03. The molecule has 1 rings (SSSR count). The van der Waals surface area contributed by atoms with Crippen LogP contribution in [0.4, 0.5) is 13.2 Å². The van der Waals surface area contributed by atoms with Gasteiger partial charge in [-0.2, -0.15) is 13.2 Å². The highest BCUT2D eigenvalue weighted by Crippen LogP contribution is 2.28. The van der Waals surface area contributed by atoms with Gasteiger partial charge in [-0.15, -0.1) is 11.6 Å². The van der Waals surface area contributed by atoms with Gasteiger partial charge in [0.1, 0.15) is 0 Å². The Morgan fingerprint density at radius 2 is 1.85 bits per heavy atom.